The van der Waals surface area contributed by atoms with Gasteiger partial charge in [0.1, 0.15) is 24.1 Å². The predicted octanol–water partition coefficient (Wildman–Crippen LogP) is 23.9. The van der Waals surface area contributed by atoms with Crippen molar-refractivity contribution in [2.75, 3.05) is 13.2 Å². The quantitative estimate of drug-likeness (QED) is 0.0686. The monoisotopic (exact) mass is 1450 g/mol. The van der Waals surface area contributed by atoms with Crippen molar-refractivity contribution in [1.29, 1.82) is 0 Å². The van der Waals surface area contributed by atoms with Gasteiger partial charge in [0, 0.05) is 85.2 Å². The van der Waals surface area contributed by atoms with E-state index in [0.29, 0.717) is 38.2 Å². The van der Waals surface area contributed by atoms with Gasteiger partial charge in [0.15, 0.2) is 0 Å². The fourth-order valence-electron chi connectivity index (χ4n) is 15.0. The van der Waals surface area contributed by atoms with Crippen LogP contribution in [0.1, 0.15) is 216 Å². The summed E-state index contributed by atoms with van der Waals surface area (Å²) in [6, 6.07) is 40.7. The molecule has 0 amide bonds. The van der Waals surface area contributed by atoms with Crippen molar-refractivity contribution in [2.45, 2.75) is 218 Å². The molecule has 0 saturated heterocycles. The normalized spacial score (nSPS) is 16.6. The van der Waals surface area contributed by atoms with Crippen molar-refractivity contribution < 1.29 is 45.5 Å². The number of rotatable bonds is 13. The molecule has 9 aromatic rings. The molecule has 93 heavy (non-hydrogen) atoms. The summed E-state index contributed by atoms with van der Waals surface area (Å²) in [7, 11) is 0. The van der Waals surface area contributed by atoms with Gasteiger partial charge in [0.05, 0.1) is 23.3 Å². The number of aromatic hydroxyl groups is 1. The van der Waals surface area contributed by atoms with Crippen molar-refractivity contribution in [3.63, 3.8) is 0 Å². The molecular weight excluding hydrogens is 1350 g/mol. The van der Waals surface area contributed by atoms with Crippen LogP contribution in [0.25, 0.3) is 66.0 Å². The number of hydrogen-bond acceptors (Lipinski definition) is 4. The molecule has 0 aliphatic heterocycles. The third kappa shape index (κ3) is 14.5. The molecule has 0 bridgehead atoms. The minimum Gasteiger partial charge on any atom is -0.505 e. The molecule has 2 N–H and O–H groups in total. The van der Waals surface area contributed by atoms with Crippen molar-refractivity contribution in [1.82, 2.24) is 9.13 Å². The van der Waals surface area contributed by atoms with E-state index in [-0.39, 0.29) is 88.1 Å². The van der Waals surface area contributed by atoms with Crippen molar-refractivity contribution in [3.05, 3.63) is 188 Å². The zero-order chi connectivity index (χ0) is 67.8. The van der Waals surface area contributed by atoms with Crippen molar-refractivity contribution >= 4 is 72.4 Å². The summed E-state index contributed by atoms with van der Waals surface area (Å²) >= 11 is 14.2. The molecule has 2 aromatic heterocycles. The smallest absolute Gasteiger partial charge is 0.218 e. The van der Waals surface area contributed by atoms with Crippen LogP contribution in [0.5, 0.6) is 11.5 Å². The maximum atomic E-state index is 14.4. The first kappa shape index (κ1) is 71.9. The Morgan fingerprint density at radius 2 is 0.925 bits per heavy atom. The summed E-state index contributed by atoms with van der Waals surface area (Å²) in [6.45, 7) is 54.2. The summed E-state index contributed by atoms with van der Waals surface area (Å²) < 4.78 is 19.0. The number of ether oxygens (including phenoxy) is 2. The van der Waals surface area contributed by atoms with Crippen LogP contribution in [0.2, 0.25) is 10.0 Å². The Morgan fingerprint density at radius 3 is 1.38 bits per heavy atom. The number of phenols is 1. The third-order valence-electron chi connectivity index (χ3n) is 19.1. The second kappa shape index (κ2) is 24.9. The Bertz CT molecular complexity index is 4270. The number of aliphatic hydroxyl groups is 1. The summed E-state index contributed by atoms with van der Waals surface area (Å²) in [5.41, 5.74) is 15.1. The van der Waals surface area contributed by atoms with Gasteiger partial charge in [0.25, 0.3) is 0 Å². The second-order valence-corrected chi connectivity index (χ2v) is 35.8. The van der Waals surface area contributed by atoms with Crippen LogP contribution < -0.4 is 4.74 Å². The molecule has 2 unspecified atom stereocenters. The number of halogens is 2. The molecule has 2 atom stereocenters. The van der Waals surface area contributed by atoms with E-state index in [0.717, 1.165) is 84.3 Å². The predicted molar refractivity (Wildman–Crippen MR) is 395 cm³/mol. The van der Waals surface area contributed by atoms with Gasteiger partial charge in [-0.3, -0.25) is 0 Å². The molecule has 6 nitrogen and oxygen atoms in total. The van der Waals surface area contributed by atoms with Gasteiger partial charge >= 0.3 is 0 Å². The molecule has 0 saturated carbocycles. The van der Waals surface area contributed by atoms with Gasteiger partial charge in [-0.05, 0) is 211 Å². The number of hydrogen-bond donors (Lipinski definition) is 2. The number of fused-ring (bicyclic) bond motifs is 6. The number of nitrogens with zero attached hydrogens (tertiary/aromatic N) is 2. The molecule has 10 rings (SSSR count). The fourth-order valence-corrected chi connectivity index (χ4v) is 15.5. The molecule has 492 valence electrons. The zero-order valence-corrected chi connectivity index (χ0v) is 65.5. The van der Waals surface area contributed by atoms with E-state index < -0.39 is 11.8 Å². The Kier molecular flexibility index (Phi) is 19.2. The summed E-state index contributed by atoms with van der Waals surface area (Å²) in [5.74, 6) is -1.31. The number of allylic oxidation sites excluding steroid dienone is 2. The fraction of sp³-hybridized carbons (Fsp3) is 0.452. The molecule has 7 aromatic carbocycles. The Morgan fingerprint density at radius 1 is 0.484 bits per heavy atom. The van der Waals surface area contributed by atoms with Crippen LogP contribution in [0.3, 0.4) is 0 Å². The first-order chi connectivity index (χ1) is 42.3. The summed E-state index contributed by atoms with van der Waals surface area (Å²) in [6.07, 6.45) is 6.19. The number of phenolic OH excluding ortho intramolecular Hbond substituents is 1. The molecule has 1 aliphatic rings. The van der Waals surface area contributed by atoms with E-state index in [1.807, 2.05) is 38.1 Å². The van der Waals surface area contributed by atoms with Crippen LogP contribution in [0.15, 0.2) is 133 Å². The van der Waals surface area contributed by atoms with E-state index in [1.54, 1.807) is 0 Å². The first-order valence-electron chi connectivity index (χ1n) is 33.3. The Labute approximate surface area is 585 Å². The SMILES string of the molecule is Cc1cc(Cl)cc(C2=CC(C(C)(C)CC(C)(C)C)=CC(n3c4ccc(C(C)(C)C)cc4c4cc(C(C)(C)C)ccc43)C2(O)OCCOc2c(C)cc(Cl)cc2-c2cc(C(C)(C)CC(C)(C)C)cc(-n3c4ccc(C(C)(C)C)cc4c4cc(C(C)(C)C)ccc43)c2O)c1.[Hf]. The summed E-state index contributed by atoms with van der Waals surface area (Å²) in [4.78, 5) is 0. The van der Waals surface area contributed by atoms with E-state index in [9.17, 15) is 10.2 Å². The largest absolute Gasteiger partial charge is 0.505 e. The first-order valence-corrected chi connectivity index (χ1v) is 34.1. The van der Waals surface area contributed by atoms with Crippen molar-refractivity contribution in [2.24, 2.45) is 16.2 Å². The van der Waals surface area contributed by atoms with E-state index in [4.69, 9.17) is 32.7 Å². The van der Waals surface area contributed by atoms with Crippen molar-refractivity contribution in [3.8, 4) is 28.3 Å². The van der Waals surface area contributed by atoms with Crippen LogP contribution in [0, 0.1) is 30.1 Å². The standard InChI is InChI=1S/C84H104Cl2N2O4.Hf/c1-50-35-52(38-59(85)36-50)67-44-58(83(23,24)49-77(6,7)8)46-73(88-70-31-27-55(80(15,16)17)41-63(70)64-42-56(81(18,19)20)28-32-71(64)88)84(67,90)92-34-33-91-75-51(2)37-60(86)47-66(75)65-43-57(82(21,22)48-76(3,4)5)45-72(74(65)89)87-68-29-25-53(78(9,10)11)39-61(68)62-40-54(79(12,13)14)26-30-69(62)87;/h25-32,35-47,73,89-90H,33-34,48-49H2,1-24H3;. The Hall–Kier alpha value is -5.41. The maximum Gasteiger partial charge on any atom is 0.218 e. The molecular formula is C84H104Cl2HfN2O4. The molecule has 9 heteroatoms. The molecule has 2 heterocycles. The number of aryl methyl sites for hydroxylation is 2. The zero-order valence-electron chi connectivity index (χ0n) is 60.4. The molecule has 0 fully saturated rings. The minimum atomic E-state index is -1.98. The van der Waals surface area contributed by atoms with Gasteiger partial charge in [-0.1, -0.05) is 212 Å². The van der Waals surface area contributed by atoms with E-state index in [2.05, 4.69) is 265 Å². The van der Waals surface area contributed by atoms with Gasteiger partial charge in [-0.25, -0.2) is 0 Å². The van der Waals surface area contributed by atoms with Crippen LogP contribution in [-0.2, 0) is 57.7 Å². The third-order valence-corrected chi connectivity index (χ3v) is 19.5. The van der Waals surface area contributed by atoms with E-state index >= 15 is 0 Å². The Balaban J connectivity index is 0.0000102. The van der Waals surface area contributed by atoms with Gasteiger partial charge < -0.3 is 28.8 Å². The van der Waals surface area contributed by atoms with E-state index in [1.165, 1.54) is 22.3 Å². The minimum absolute atomic E-state index is 0. The number of aromatic nitrogens is 2. The maximum absolute atomic E-state index is 14.4. The second-order valence-electron chi connectivity index (χ2n) is 34.9. The molecule has 1 aliphatic carbocycles. The molecule has 0 radical (unpaired) electrons. The van der Waals surface area contributed by atoms with Gasteiger partial charge in [-0.15, -0.1) is 0 Å². The number of benzene rings is 7. The van der Waals surface area contributed by atoms with Gasteiger partial charge in [-0.2, -0.15) is 0 Å². The topological polar surface area (TPSA) is 68.8 Å². The van der Waals surface area contributed by atoms with Crippen LogP contribution >= 0.6 is 23.2 Å². The molecule has 0 spiro atoms. The average Bonchev–Trinajstić information content (AvgIpc) is 1.64. The van der Waals surface area contributed by atoms with Gasteiger partial charge in [0.2, 0.25) is 5.79 Å². The average molecular weight is 1460 g/mol. The summed E-state index contributed by atoms with van der Waals surface area (Å²) in [5, 5.41) is 33.4. The van der Waals surface area contributed by atoms with Crippen LogP contribution in [-0.4, -0.2) is 38.3 Å². The van der Waals surface area contributed by atoms with Crippen LogP contribution in [0.4, 0.5) is 0 Å².